The minimum atomic E-state index is -0.382. The fraction of sp³-hybridized carbons (Fsp3) is 0.767. The van der Waals surface area contributed by atoms with Gasteiger partial charge in [0.1, 0.15) is 0 Å². The minimum absolute atomic E-state index is 0.0319. The van der Waals surface area contributed by atoms with E-state index in [-0.39, 0.29) is 33.5 Å². The van der Waals surface area contributed by atoms with Crippen LogP contribution in [0.4, 0.5) is 0 Å². The predicted molar refractivity (Wildman–Crippen MR) is 133 cm³/mol. The molecule has 2 heteroatoms. The van der Waals surface area contributed by atoms with Crippen LogP contribution in [0.5, 0.6) is 0 Å². The quantitative estimate of drug-likeness (QED) is 0.484. The Hall–Kier alpha value is -1.15. The number of aliphatic hydroxyl groups excluding tert-OH is 1. The summed E-state index contributed by atoms with van der Waals surface area (Å²) in [5.74, 6) is 2.28. The smallest absolute Gasteiger partial charge is 0.182 e. The zero-order valence-electron chi connectivity index (χ0n) is 21.8. The number of hydrogen-bond donors (Lipinski definition) is 1. The highest BCUT2D eigenvalue weighted by atomic mass is 16.3. The first-order chi connectivity index (χ1) is 14.8. The third-order valence-electron chi connectivity index (χ3n) is 10.6. The number of aliphatic hydroxyl groups is 1. The second-order valence-corrected chi connectivity index (χ2v) is 13.2. The number of ketones is 1. The first-order valence-electron chi connectivity index (χ1n) is 13.2. The molecule has 0 spiro atoms. The van der Waals surface area contributed by atoms with E-state index < -0.39 is 0 Å². The van der Waals surface area contributed by atoms with Gasteiger partial charge in [-0.3, -0.25) is 4.79 Å². The summed E-state index contributed by atoms with van der Waals surface area (Å²) in [5, 5.41) is 10.7. The van der Waals surface area contributed by atoms with Gasteiger partial charge in [-0.15, -0.1) is 0 Å². The summed E-state index contributed by atoms with van der Waals surface area (Å²) in [7, 11) is 0. The van der Waals surface area contributed by atoms with Crippen molar-refractivity contribution < 1.29 is 9.90 Å². The molecule has 0 aromatic heterocycles. The molecule has 0 aliphatic heterocycles. The molecule has 0 aromatic carbocycles. The molecule has 4 aliphatic carbocycles. The highest BCUT2D eigenvalue weighted by molar-refractivity contribution is 6.08. The van der Waals surface area contributed by atoms with E-state index in [0.29, 0.717) is 11.8 Å². The van der Waals surface area contributed by atoms with Crippen molar-refractivity contribution in [2.75, 3.05) is 0 Å². The first kappa shape index (κ1) is 24.0. The lowest BCUT2D eigenvalue weighted by Gasteiger charge is -2.56. The summed E-state index contributed by atoms with van der Waals surface area (Å²) < 4.78 is 0. The number of carbonyl (C=O) groups excluding carboxylic acids is 1. The van der Waals surface area contributed by atoms with Gasteiger partial charge in [0.2, 0.25) is 0 Å². The number of fused-ring (bicyclic) bond motifs is 4. The largest absolute Gasteiger partial charge is 0.392 e. The van der Waals surface area contributed by atoms with Gasteiger partial charge in [-0.1, -0.05) is 86.8 Å². The van der Waals surface area contributed by atoms with E-state index in [2.05, 4.69) is 67.5 Å². The molecular weight excluding hydrogens is 392 g/mol. The van der Waals surface area contributed by atoms with Gasteiger partial charge in [-0.2, -0.15) is 0 Å². The van der Waals surface area contributed by atoms with Crippen LogP contribution < -0.4 is 0 Å². The summed E-state index contributed by atoms with van der Waals surface area (Å²) >= 11 is 0. The maximum atomic E-state index is 13.8. The van der Waals surface area contributed by atoms with Crippen molar-refractivity contribution in [3.63, 3.8) is 0 Å². The zero-order valence-corrected chi connectivity index (χ0v) is 21.8. The molecule has 0 bridgehead atoms. The third-order valence-corrected chi connectivity index (χ3v) is 10.6. The highest BCUT2D eigenvalue weighted by Gasteiger charge is 2.62. The highest BCUT2D eigenvalue weighted by Crippen LogP contribution is 2.69. The molecule has 4 rings (SSSR count). The Bertz CT molecular complexity index is 887. The second-order valence-electron chi connectivity index (χ2n) is 13.2. The van der Waals surface area contributed by atoms with Crippen LogP contribution in [0.15, 0.2) is 34.9 Å². The molecule has 0 amide bonds. The van der Waals surface area contributed by atoms with E-state index in [4.69, 9.17) is 0 Å². The van der Waals surface area contributed by atoms with E-state index >= 15 is 0 Å². The van der Waals surface area contributed by atoms with Gasteiger partial charge in [0.15, 0.2) is 5.78 Å². The van der Waals surface area contributed by atoms with Crippen LogP contribution in [-0.2, 0) is 4.79 Å². The number of rotatable bonds is 5. The van der Waals surface area contributed by atoms with Crippen molar-refractivity contribution in [1.29, 1.82) is 0 Å². The molecule has 2 fully saturated rings. The SMILES string of the molecule is CC(C)CCC[C@@H](C)[C@H]1CC[C@@]2(C)C3=C(C=C[C@]12C)[C@@]1(C)CC[C@H](O)C(C)(C)C1=CC3=O. The lowest BCUT2D eigenvalue weighted by molar-refractivity contribution is -0.114. The Balaban J connectivity index is 1.70. The van der Waals surface area contributed by atoms with E-state index in [1.165, 1.54) is 31.3 Å². The Morgan fingerprint density at radius 3 is 2.38 bits per heavy atom. The Kier molecular flexibility index (Phi) is 5.76. The van der Waals surface area contributed by atoms with Gasteiger partial charge in [-0.05, 0) is 66.1 Å². The molecule has 6 atom stereocenters. The molecule has 0 unspecified atom stereocenters. The number of carbonyl (C=O) groups is 1. The van der Waals surface area contributed by atoms with Crippen molar-refractivity contribution >= 4 is 5.78 Å². The molecule has 2 nitrogen and oxygen atoms in total. The molecule has 178 valence electrons. The van der Waals surface area contributed by atoms with E-state index in [0.717, 1.165) is 36.3 Å². The predicted octanol–water partition coefficient (Wildman–Crippen LogP) is 7.43. The second kappa shape index (κ2) is 7.69. The lowest BCUT2D eigenvalue weighted by atomic mass is 9.48. The van der Waals surface area contributed by atoms with Crippen LogP contribution in [-0.4, -0.2) is 17.0 Å². The fourth-order valence-corrected chi connectivity index (χ4v) is 8.19. The van der Waals surface area contributed by atoms with E-state index in [1.54, 1.807) is 0 Å². The Morgan fingerprint density at radius 2 is 1.72 bits per heavy atom. The maximum Gasteiger partial charge on any atom is 0.182 e. The third kappa shape index (κ3) is 3.18. The minimum Gasteiger partial charge on any atom is -0.392 e. The van der Waals surface area contributed by atoms with E-state index in [9.17, 15) is 9.90 Å². The summed E-state index contributed by atoms with van der Waals surface area (Å²) in [5.41, 5.74) is 2.92. The fourth-order valence-electron chi connectivity index (χ4n) is 8.19. The van der Waals surface area contributed by atoms with Crippen LogP contribution >= 0.6 is 0 Å². The first-order valence-corrected chi connectivity index (χ1v) is 13.2. The van der Waals surface area contributed by atoms with Crippen molar-refractivity contribution in [3.8, 4) is 0 Å². The average Bonchev–Trinajstić information content (AvgIpc) is 2.98. The summed E-state index contributed by atoms with van der Waals surface area (Å²) in [4.78, 5) is 13.8. The van der Waals surface area contributed by atoms with Crippen LogP contribution in [0.1, 0.15) is 100 Å². The van der Waals surface area contributed by atoms with Crippen LogP contribution in [0.25, 0.3) is 0 Å². The average molecular weight is 439 g/mol. The van der Waals surface area contributed by atoms with Crippen molar-refractivity contribution in [2.24, 2.45) is 39.4 Å². The van der Waals surface area contributed by atoms with Gasteiger partial charge < -0.3 is 5.11 Å². The number of allylic oxidation sites excluding steroid dienone is 5. The summed E-state index contributed by atoms with van der Waals surface area (Å²) in [6, 6.07) is 0. The lowest BCUT2D eigenvalue weighted by Crippen LogP contribution is -2.50. The molecule has 4 aliphatic rings. The van der Waals surface area contributed by atoms with Gasteiger partial charge in [-0.25, -0.2) is 0 Å². The molecule has 0 aromatic rings. The van der Waals surface area contributed by atoms with Crippen LogP contribution in [0.3, 0.4) is 0 Å². The summed E-state index contributed by atoms with van der Waals surface area (Å²) in [6.07, 6.45) is 14.3. The molecule has 2 saturated carbocycles. The monoisotopic (exact) mass is 438 g/mol. The van der Waals surface area contributed by atoms with Crippen LogP contribution in [0, 0.1) is 39.4 Å². The Labute approximate surface area is 196 Å². The molecule has 0 radical (unpaired) electrons. The van der Waals surface area contributed by atoms with Crippen molar-refractivity contribution in [1.82, 2.24) is 0 Å². The van der Waals surface area contributed by atoms with Gasteiger partial charge in [0.25, 0.3) is 0 Å². The Morgan fingerprint density at radius 1 is 1.03 bits per heavy atom. The summed E-state index contributed by atoms with van der Waals surface area (Å²) in [6.45, 7) is 18.5. The normalized spacial score (nSPS) is 41.3. The van der Waals surface area contributed by atoms with E-state index in [1.807, 2.05) is 6.08 Å². The van der Waals surface area contributed by atoms with Gasteiger partial charge >= 0.3 is 0 Å². The molecule has 0 saturated heterocycles. The molecule has 32 heavy (non-hydrogen) atoms. The number of hydrogen-bond acceptors (Lipinski definition) is 2. The molecular formula is C30H46O2. The van der Waals surface area contributed by atoms with Gasteiger partial charge in [0, 0.05) is 21.8 Å². The standard InChI is InChI=1S/C30H46O2/c1-19(2)10-9-11-20(3)21-12-17-30(8)26-22(13-16-29(21,30)7)28(6)15-14-25(32)27(4,5)24(28)18-23(26)31/h13,16,18-21,25,32H,9-12,14-15,17H2,1-8H3/t20-,21-,25+,28-,29-,30+/m1/s1. The van der Waals surface area contributed by atoms with Gasteiger partial charge in [0.05, 0.1) is 6.10 Å². The zero-order chi connectivity index (χ0) is 23.7. The van der Waals surface area contributed by atoms with Crippen molar-refractivity contribution in [2.45, 2.75) is 106 Å². The molecule has 1 N–H and O–H groups in total. The maximum absolute atomic E-state index is 13.8. The van der Waals surface area contributed by atoms with Crippen molar-refractivity contribution in [3.05, 3.63) is 34.9 Å². The topological polar surface area (TPSA) is 37.3 Å². The van der Waals surface area contributed by atoms with Crippen LogP contribution in [0.2, 0.25) is 0 Å². The molecule has 0 heterocycles.